The summed E-state index contributed by atoms with van der Waals surface area (Å²) in [5.74, 6) is 0.374. The molecule has 0 aliphatic carbocycles. The van der Waals surface area contributed by atoms with Crippen LogP contribution in [0.25, 0.3) is 17.1 Å². The average molecular weight is 463 g/mol. The van der Waals surface area contributed by atoms with E-state index in [0.29, 0.717) is 35.3 Å². The number of amides is 1. The van der Waals surface area contributed by atoms with E-state index in [0.717, 1.165) is 16.8 Å². The molecule has 1 amide bonds. The molecule has 33 heavy (non-hydrogen) atoms. The van der Waals surface area contributed by atoms with Gasteiger partial charge in [-0.05, 0) is 43.3 Å². The van der Waals surface area contributed by atoms with E-state index in [2.05, 4.69) is 15.4 Å². The van der Waals surface area contributed by atoms with Gasteiger partial charge in [0.05, 0.1) is 22.9 Å². The summed E-state index contributed by atoms with van der Waals surface area (Å²) >= 11 is 6.12. The first-order chi connectivity index (χ1) is 16.0. The molecule has 1 N–H and O–H groups in total. The van der Waals surface area contributed by atoms with Gasteiger partial charge in [-0.25, -0.2) is 4.68 Å². The van der Waals surface area contributed by atoms with Crippen LogP contribution in [0, 0.1) is 6.92 Å². The van der Waals surface area contributed by atoms with Gasteiger partial charge in [-0.1, -0.05) is 53.6 Å². The summed E-state index contributed by atoms with van der Waals surface area (Å²) in [5.41, 5.74) is 3.89. The van der Waals surface area contributed by atoms with Crippen molar-refractivity contribution in [1.29, 1.82) is 0 Å². The number of ether oxygens (including phenoxy) is 2. The Labute approximate surface area is 196 Å². The SMILES string of the molecule is COCCOc1nc(-c2ccc(C)cc2)n(-c2ccc(NC(=O)c3ccccc3Cl)cc2)n1. The summed E-state index contributed by atoms with van der Waals surface area (Å²) in [5, 5.41) is 7.79. The molecule has 0 aliphatic heterocycles. The predicted octanol–water partition coefficient (Wildman–Crippen LogP) is 5.17. The van der Waals surface area contributed by atoms with Crippen LogP contribution in [0.1, 0.15) is 15.9 Å². The lowest BCUT2D eigenvalue weighted by Gasteiger charge is -2.09. The fraction of sp³-hybridized carbons (Fsp3) is 0.160. The third kappa shape index (κ3) is 5.39. The Morgan fingerprint density at radius 3 is 2.42 bits per heavy atom. The van der Waals surface area contributed by atoms with Crippen molar-refractivity contribution in [3.05, 3.63) is 88.9 Å². The first-order valence-electron chi connectivity index (χ1n) is 10.4. The summed E-state index contributed by atoms with van der Waals surface area (Å²) in [6.45, 7) is 2.82. The van der Waals surface area contributed by atoms with E-state index in [9.17, 15) is 4.79 Å². The van der Waals surface area contributed by atoms with Crippen LogP contribution in [-0.4, -0.2) is 41.0 Å². The summed E-state index contributed by atoms with van der Waals surface area (Å²) in [4.78, 5) is 17.1. The predicted molar refractivity (Wildman–Crippen MR) is 128 cm³/mol. The van der Waals surface area contributed by atoms with E-state index in [4.69, 9.17) is 21.1 Å². The molecule has 0 aliphatic rings. The molecular weight excluding hydrogens is 440 g/mol. The molecule has 168 valence electrons. The van der Waals surface area contributed by atoms with Crippen molar-refractivity contribution >= 4 is 23.2 Å². The average Bonchev–Trinajstić information content (AvgIpc) is 3.24. The van der Waals surface area contributed by atoms with Crippen molar-refractivity contribution in [3.63, 3.8) is 0 Å². The van der Waals surface area contributed by atoms with Crippen molar-refractivity contribution in [2.24, 2.45) is 0 Å². The van der Waals surface area contributed by atoms with Crippen molar-refractivity contribution in [2.75, 3.05) is 25.6 Å². The minimum absolute atomic E-state index is 0.263. The quantitative estimate of drug-likeness (QED) is 0.365. The third-order valence-electron chi connectivity index (χ3n) is 4.90. The molecule has 7 nitrogen and oxygen atoms in total. The summed E-state index contributed by atoms with van der Waals surface area (Å²) in [6.07, 6.45) is 0. The summed E-state index contributed by atoms with van der Waals surface area (Å²) in [7, 11) is 1.61. The molecule has 4 rings (SSSR count). The minimum atomic E-state index is -0.275. The highest BCUT2D eigenvalue weighted by molar-refractivity contribution is 6.34. The number of rotatable bonds is 8. The lowest BCUT2D eigenvalue weighted by atomic mass is 10.1. The van der Waals surface area contributed by atoms with E-state index < -0.39 is 0 Å². The molecule has 0 atom stereocenters. The topological polar surface area (TPSA) is 78.3 Å². The van der Waals surface area contributed by atoms with E-state index in [1.165, 1.54) is 0 Å². The highest BCUT2D eigenvalue weighted by atomic mass is 35.5. The second kappa shape index (κ2) is 10.3. The first-order valence-corrected chi connectivity index (χ1v) is 10.7. The van der Waals surface area contributed by atoms with Gasteiger partial charge >= 0.3 is 6.01 Å². The van der Waals surface area contributed by atoms with Gasteiger partial charge in [-0.3, -0.25) is 4.79 Å². The zero-order chi connectivity index (χ0) is 23.2. The molecule has 1 aromatic heterocycles. The maximum atomic E-state index is 12.5. The van der Waals surface area contributed by atoms with Crippen LogP contribution in [0.3, 0.4) is 0 Å². The van der Waals surface area contributed by atoms with Gasteiger partial charge in [0.15, 0.2) is 5.82 Å². The highest BCUT2D eigenvalue weighted by Gasteiger charge is 2.15. The molecule has 0 spiro atoms. The molecule has 0 saturated heterocycles. The number of benzene rings is 3. The normalized spacial score (nSPS) is 10.8. The number of anilines is 1. The number of nitrogens with one attached hydrogen (secondary N) is 1. The fourth-order valence-corrected chi connectivity index (χ4v) is 3.39. The highest BCUT2D eigenvalue weighted by Crippen LogP contribution is 2.25. The number of hydrogen-bond donors (Lipinski definition) is 1. The van der Waals surface area contributed by atoms with Gasteiger partial charge in [0.25, 0.3) is 5.91 Å². The van der Waals surface area contributed by atoms with Gasteiger partial charge in [0, 0.05) is 18.4 Å². The van der Waals surface area contributed by atoms with Gasteiger partial charge in [0.1, 0.15) is 6.61 Å². The number of nitrogens with zero attached hydrogens (tertiary/aromatic N) is 3. The van der Waals surface area contributed by atoms with E-state index in [1.807, 2.05) is 43.3 Å². The number of hydrogen-bond acceptors (Lipinski definition) is 5. The van der Waals surface area contributed by atoms with Crippen LogP contribution >= 0.6 is 11.6 Å². The molecule has 0 bridgehead atoms. The Bertz CT molecular complexity index is 1240. The van der Waals surface area contributed by atoms with Crippen LogP contribution in [0.2, 0.25) is 5.02 Å². The van der Waals surface area contributed by atoms with Crippen LogP contribution < -0.4 is 10.1 Å². The molecule has 0 fully saturated rings. The second-order valence-corrected chi connectivity index (χ2v) is 7.73. The van der Waals surface area contributed by atoms with Crippen LogP contribution in [0.15, 0.2) is 72.8 Å². The number of methoxy groups -OCH3 is 1. The zero-order valence-corrected chi connectivity index (χ0v) is 19.0. The Morgan fingerprint density at radius 1 is 1.00 bits per heavy atom. The van der Waals surface area contributed by atoms with Crippen molar-refractivity contribution in [3.8, 4) is 23.1 Å². The van der Waals surface area contributed by atoms with Crippen LogP contribution in [0.5, 0.6) is 6.01 Å². The fourth-order valence-electron chi connectivity index (χ4n) is 3.17. The second-order valence-electron chi connectivity index (χ2n) is 7.32. The van der Waals surface area contributed by atoms with E-state index in [1.54, 1.807) is 48.2 Å². The van der Waals surface area contributed by atoms with Crippen molar-refractivity contribution < 1.29 is 14.3 Å². The Morgan fingerprint density at radius 2 is 1.73 bits per heavy atom. The lowest BCUT2D eigenvalue weighted by molar-refractivity contribution is 0.102. The largest absolute Gasteiger partial charge is 0.460 e. The monoisotopic (exact) mass is 462 g/mol. The Kier molecular flexibility index (Phi) is 7.02. The number of halogens is 1. The Balaban J connectivity index is 1.60. The standard InChI is InChI=1S/C25H23ClN4O3/c1-17-7-9-18(10-8-17)23-28-25(33-16-15-32-2)29-30(23)20-13-11-19(12-14-20)27-24(31)21-5-3-4-6-22(21)26/h3-14H,15-16H2,1-2H3,(H,27,31). The smallest absolute Gasteiger partial charge is 0.336 e. The van der Waals surface area contributed by atoms with E-state index in [-0.39, 0.29) is 11.9 Å². The molecule has 8 heteroatoms. The number of carbonyl (C=O) groups excluding carboxylic acids is 1. The molecule has 0 saturated carbocycles. The van der Waals surface area contributed by atoms with Crippen molar-refractivity contribution in [2.45, 2.75) is 6.92 Å². The zero-order valence-electron chi connectivity index (χ0n) is 18.3. The lowest BCUT2D eigenvalue weighted by Crippen LogP contribution is -2.12. The van der Waals surface area contributed by atoms with Crippen LogP contribution in [-0.2, 0) is 4.74 Å². The maximum Gasteiger partial charge on any atom is 0.336 e. The molecule has 0 unspecified atom stereocenters. The summed E-state index contributed by atoms with van der Waals surface area (Å²) in [6, 6.07) is 22.5. The summed E-state index contributed by atoms with van der Waals surface area (Å²) < 4.78 is 12.4. The Hall–Kier alpha value is -3.68. The number of carbonyl (C=O) groups is 1. The van der Waals surface area contributed by atoms with E-state index >= 15 is 0 Å². The van der Waals surface area contributed by atoms with Gasteiger partial charge in [0.2, 0.25) is 0 Å². The number of aryl methyl sites for hydroxylation is 1. The minimum Gasteiger partial charge on any atom is -0.460 e. The molecule has 4 aromatic rings. The maximum absolute atomic E-state index is 12.5. The molecule has 3 aromatic carbocycles. The molecule has 1 heterocycles. The van der Waals surface area contributed by atoms with Crippen LogP contribution in [0.4, 0.5) is 5.69 Å². The van der Waals surface area contributed by atoms with Crippen molar-refractivity contribution in [1.82, 2.24) is 14.8 Å². The third-order valence-corrected chi connectivity index (χ3v) is 5.23. The number of aromatic nitrogens is 3. The molecular formula is C25H23ClN4O3. The first kappa shape index (κ1) is 22.5. The van der Waals surface area contributed by atoms with Gasteiger partial charge in [-0.2, -0.15) is 4.98 Å². The van der Waals surface area contributed by atoms with Gasteiger partial charge in [-0.15, -0.1) is 5.10 Å². The van der Waals surface area contributed by atoms with Gasteiger partial charge < -0.3 is 14.8 Å². The molecule has 0 radical (unpaired) electrons.